The van der Waals surface area contributed by atoms with Crippen LogP contribution < -0.4 is 0 Å². The standard InChI is InChI=1S/C16H17N5OS3/c22-15(20-6-4-14-12(10-20)5-9-24-14)11-25-16-17-18-19-21(16)7-3-13-2-1-8-23-13/h1-2,5,8-9H,3-4,6-7,10-11H2. The van der Waals surface area contributed by atoms with Crippen molar-refractivity contribution in [3.05, 3.63) is 44.3 Å². The molecule has 25 heavy (non-hydrogen) atoms. The molecule has 4 rings (SSSR count). The molecule has 0 fully saturated rings. The predicted molar refractivity (Wildman–Crippen MR) is 100 cm³/mol. The van der Waals surface area contributed by atoms with E-state index in [1.165, 1.54) is 27.1 Å². The largest absolute Gasteiger partial charge is 0.337 e. The highest BCUT2D eigenvalue weighted by atomic mass is 32.2. The summed E-state index contributed by atoms with van der Waals surface area (Å²) in [4.78, 5) is 17.2. The van der Waals surface area contributed by atoms with Crippen LogP contribution in [0.1, 0.15) is 15.3 Å². The van der Waals surface area contributed by atoms with Gasteiger partial charge in [0.25, 0.3) is 0 Å². The Bertz CT molecular complexity index is 842. The average Bonchev–Trinajstić information content (AvgIpc) is 3.38. The lowest BCUT2D eigenvalue weighted by Gasteiger charge is -2.26. The zero-order valence-electron chi connectivity index (χ0n) is 13.5. The fourth-order valence-electron chi connectivity index (χ4n) is 2.79. The van der Waals surface area contributed by atoms with Gasteiger partial charge >= 0.3 is 0 Å². The lowest BCUT2D eigenvalue weighted by molar-refractivity contribution is -0.129. The van der Waals surface area contributed by atoms with Crippen LogP contribution in [-0.2, 0) is 30.7 Å². The smallest absolute Gasteiger partial charge is 0.233 e. The summed E-state index contributed by atoms with van der Waals surface area (Å²) in [6.45, 7) is 2.25. The first kappa shape index (κ1) is 16.7. The Kier molecular flexibility index (Phi) is 5.14. The van der Waals surface area contributed by atoms with Crippen LogP contribution in [0.15, 0.2) is 34.1 Å². The normalized spacial score (nSPS) is 13.8. The Morgan fingerprint density at radius 3 is 3.12 bits per heavy atom. The third kappa shape index (κ3) is 3.94. The Labute approximate surface area is 157 Å². The van der Waals surface area contributed by atoms with Gasteiger partial charge in [0.15, 0.2) is 0 Å². The Morgan fingerprint density at radius 2 is 2.24 bits per heavy atom. The van der Waals surface area contributed by atoms with Crippen molar-refractivity contribution in [2.45, 2.75) is 31.1 Å². The van der Waals surface area contributed by atoms with Crippen molar-refractivity contribution in [3.8, 4) is 0 Å². The predicted octanol–water partition coefficient (Wildman–Crippen LogP) is 2.72. The first-order valence-electron chi connectivity index (χ1n) is 8.04. The van der Waals surface area contributed by atoms with E-state index in [1.54, 1.807) is 27.4 Å². The minimum atomic E-state index is 0.148. The topological polar surface area (TPSA) is 63.9 Å². The van der Waals surface area contributed by atoms with Gasteiger partial charge in [-0.1, -0.05) is 17.8 Å². The molecule has 0 saturated carbocycles. The minimum Gasteiger partial charge on any atom is -0.337 e. The number of amides is 1. The van der Waals surface area contributed by atoms with Gasteiger partial charge in [-0.15, -0.1) is 27.8 Å². The van der Waals surface area contributed by atoms with Gasteiger partial charge in [-0.2, -0.15) is 0 Å². The molecule has 9 heteroatoms. The van der Waals surface area contributed by atoms with Gasteiger partial charge in [-0.05, 0) is 45.3 Å². The second-order valence-electron chi connectivity index (χ2n) is 5.74. The number of tetrazole rings is 1. The Hall–Kier alpha value is -1.71. The summed E-state index contributed by atoms with van der Waals surface area (Å²) in [5.74, 6) is 0.522. The first-order chi connectivity index (χ1) is 12.3. The molecular weight excluding hydrogens is 374 g/mol. The number of aromatic nitrogens is 4. The molecule has 0 unspecified atom stereocenters. The number of rotatable bonds is 6. The van der Waals surface area contributed by atoms with E-state index in [-0.39, 0.29) is 5.91 Å². The lowest BCUT2D eigenvalue weighted by atomic mass is 10.1. The van der Waals surface area contributed by atoms with E-state index in [0.29, 0.717) is 10.9 Å². The highest BCUT2D eigenvalue weighted by Crippen LogP contribution is 2.25. The van der Waals surface area contributed by atoms with E-state index in [2.05, 4.69) is 38.4 Å². The summed E-state index contributed by atoms with van der Waals surface area (Å²) in [6.07, 6.45) is 1.86. The summed E-state index contributed by atoms with van der Waals surface area (Å²) in [5, 5.41) is 16.7. The van der Waals surface area contributed by atoms with Gasteiger partial charge in [0.05, 0.1) is 12.3 Å². The van der Waals surface area contributed by atoms with Crippen molar-refractivity contribution < 1.29 is 4.79 Å². The van der Waals surface area contributed by atoms with Crippen LogP contribution in [0.4, 0.5) is 0 Å². The zero-order valence-corrected chi connectivity index (χ0v) is 15.9. The summed E-state index contributed by atoms with van der Waals surface area (Å²) in [6, 6.07) is 6.28. The molecule has 6 nitrogen and oxygen atoms in total. The number of thioether (sulfide) groups is 1. The maximum absolute atomic E-state index is 12.5. The molecule has 0 radical (unpaired) electrons. The van der Waals surface area contributed by atoms with Crippen LogP contribution in [0.25, 0.3) is 0 Å². The molecule has 3 aromatic rings. The van der Waals surface area contributed by atoms with E-state index >= 15 is 0 Å². The van der Waals surface area contributed by atoms with Crippen LogP contribution in [-0.4, -0.2) is 43.3 Å². The lowest BCUT2D eigenvalue weighted by Crippen LogP contribution is -2.36. The number of carbonyl (C=O) groups excluding carboxylic acids is 1. The van der Waals surface area contributed by atoms with Crippen LogP contribution in [0.5, 0.6) is 0 Å². The number of hydrogen-bond acceptors (Lipinski definition) is 7. The quantitative estimate of drug-likeness (QED) is 0.605. The van der Waals surface area contributed by atoms with Crippen molar-refractivity contribution in [1.82, 2.24) is 25.1 Å². The van der Waals surface area contributed by atoms with E-state index < -0.39 is 0 Å². The zero-order chi connectivity index (χ0) is 17.1. The van der Waals surface area contributed by atoms with Crippen molar-refractivity contribution >= 4 is 40.3 Å². The second-order valence-corrected chi connectivity index (χ2v) is 8.71. The third-order valence-electron chi connectivity index (χ3n) is 4.13. The van der Waals surface area contributed by atoms with Crippen LogP contribution >= 0.6 is 34.4 Å². The molecule has 1 aliphatic heterocycles. The van der Waals surface area contributed by atoms with Gasteiger partial charge in [0, 0.05) is 29.3 Å². The molecule has 1 aliphatic rings. The highest BCUT2D eigenvalue weighted by Gasteiger charge is 2.22. The average molecular weight is 392 g/mol. The number of nitrogens with zero attached hydrogens (tertiary/aromatic N) is 5. The van der Waals surface area contributed by atoms with E-state index in [0.717, 1.165) is 32.5 Å². The fourth-order valence-corrected chi connectivity index (χ4v) is 5.18. The molecule has 0 atom stereocenters. The number of hydrogen-bond donors (Lipinski definition) is 0. The summed E-state index contributed by atoms with van der Waals surface area (Å²) in [5.41, 5.74) is 1.29. The maximum atomic E-state index is 12.5. The van der Waals surface area contributed by atoms with Crippen molar-refractivity contribution in [1.29, 1.82) is 0 Å². The van der Waals surface area contributed by atoms with E-state index in [9.17, 15) is 4.79 Å². The van der Waals surface area contributed by atoms with Gasteiger partial charge < -0.3 is 4.90 Å². The summed E-state index contributed by atoms with van der Waals surface area (Å²) < 4.78 is 1.78. The number of thiophene rings is 2. The number of aryl methyl sites for hydroxylation is 2. The third-order valence-corrected chi connectivity index (χ3v) is 7.04. The van der Waals surface area contributed by atoms with Gasteiger partial charge in [-0.3, -0.25) is 4.79 Å². The SMILES string of the molecule is O=C(CSc1nnnn1CCc1cccs1)N1CCc2sccc2C1. The van der Waals surface area contributed by atoms with Gasteiger partial charge in [-0.25, -0.2) is 4.68 Å². The van der Waals surface area contributed by atoms with Crippen LogP contribution in [0.2, 0.25) is 0 Å². The fraction of sp³-hybridized carbons (Fsp3) is 0.375. The molecule has 0 aliphatic carbocycles. The molecule has 0 bridgehead atoms. The van der Waals surface area contributed by atoms with Gasteiger partial charge in [0.1, 0.15) is 0 Å². The maximum Gasteiger partial charge on any atom is 0.233 e. The monoisotopic (exact) mass is 391 g/mol. The van der Waals surface area contributed by atoms with Crippen LogP contribution in [0.3, 0.4) is 0 Å². The first-order valence-corrected chi connectivity index (χ1v) is 10.8. The Balaban J connectivity index is 1.31. The summed E-state index contributed by atoms with van der Waals surface area (Å²) in [7, 11) is 0. The number of carbonyl (C=O) groups is 1. The molecule has 130 valence electrons. The molecule has 0 aromatic carbocycles. The molecule has 3 aromatic heterocycles. The molecule has 4 heterocycles. The molecule has 0 N–H and O–H groups in total. The van der Waals surface area contributed by atoms with Crippen molar-refractivity contribution in [2.75, 3.05) is 12.3 Å². The van der Waals surface area contributed by atoms with E-state index in [4.69, 9.17) is 0 Å². The highest BCUT2D eigenvalue weighted by molar-refractivity contribution is 7.99. The second kappa shape index (κ2) is 7.67. The molecule has 0 spiro atoms. The minimum absolute atomic E-state index is 0.148. The summed E-state index contributed by atoms with van der Waals surface area (Å²) >= 11 is 4.94. The molecular formula is C16H17N5OS3. The molecule has 1 amide bonds. The van der Waals surface area contributed by atoms with Gasteiger partial charge in [0.2, 0.25) is 11.1 Å². The van der Waals surface area contributed by atoms with Crippen molar-refractivity contribution in [3.63, 3.8) is 0 Å². The van der Waals surface area contributed by atoms with Crippen molar-refractivity contribution in [2.24, 2.45) is 0 Å². The molecule has 0 saturated heterocycles. The number of fused-ring (bicyclic) bond motifs is 1. The Morgan fingerprint density at radius 1 is 1.28 bits per heavy atom. The van der Waals surface area contributed by atoms with Crippen LogP contribution in [0, 0.1) is 0 Å². The van der Waals surface area contributed by atoms with E-state index in [1.807, 2.05) is 11.0 Å².